The average Bonchev–Trinajstić information content (AvgIpc) is 2.75. The fourth-order valence-corrected chi connectivity index (χ4v) is 2.79. The van der Waals surface area contributed by atoms with Gasteiger partial charge < -0.3 is 10.3 Å². The van der Waals surface area contributed by atoms with Gasteiger partial charge in [0.2, 0.25) is 0 Å². The lowest BCUT2D eigenvalue weighted by atomic mass is 9.95. The number of hydrogen-bond acceptors (Lipinski definition) is 3. The zero-order valence-electron chi connectivity index (χ0n) is 13.4. The number of benzene rings is 1. The van der Waals surface area contributed by atoms with Crippen LogP contribution in [-0.4, -0.2) is 21.6 Å². The van der Waals surface area contributed by atoms with E-state index in [0.717, 1.165) is 36.1 Å². The Labute approximate surface area is 132 Å². The quantitative estimate of drug-likeness (QED) is 0.915. The van der Waals surface area contributed by atoms with Gasteiger partial charge in [-0.25, -0.2) is 4.98 Å². The highest BCUT2D eigenvalue weighted by Gasteiger charge is 2.24. The molecule has 0 saturated heterocycles. The molecule has 0 saturated carbocycles. The van der Waals surface area contributed by atoms with Crippen molar-refractivity contribution in [2.24, 2.45) is 0 Å². The molecular formula is C17H25N3S. The summed E-state index contributed by atoms with van der Waals surface area (Å²) in [6, 6.07) is 10.4. The summed E-state index contributed by atoms with van der Waals surface area (Å²) in [4.78, 5) is 4.84. The molecular weight excluding hydrogens is 278 g/mol. The fourth-order valence-electron chi connectivity index (χ4n) is 2.40. The number of nitrogens with zero attached hydrogens (tertiary/aromatic N) is 2. The van der Waals surface area contributed by atoms with Crippen molar-refractivity contribution in [2.45, 2.75) is 39.2 Å². The summed E-state index contributed by atoms with van der Waals surface area (Å²) in [6.45, 7) is 7.35. The van der Waals surface area contributed by atoms with E-state index < -0.39 is 0 Å². The molecule has 2 rings (SSSR count). The summed E-state index contributed by atoms with van der Waals surface area (Å²) in [5, 5.41) is 0. The van der Waals surface area contributed by atoms with Gasteiger partial charge in [0.15, 0.2) is 0 Å². The van der Waals surface area contributed by atoms with E-state index in [1.165, 1.54) is 5.56 Å². The second-order valence-electron chi connectivity index (χ2n) is 6.33. The molecule has 0 spiro atoms. The van der Waals surface area contributed by atoms with Crippen LogP contribution in [0.4, 0.5) is 5.82 Å². The molecule has 3 nitrogen and oxygen atoms in total. The molecule has 0 radical (unpaired) electrons. The lowest BCUT2D eigenvalue weighted by molar-refractivity contribution is 0.513. The molecule has 0 amide bonds. The molecule has 21 heavy (non-hydrogen) atoms. The molecule has 2 aromatic rings. The minimum absolute atomic E-state index is 0.0134. The summed E-state index contributed by atoms with van der Waals surface area (Å²) in [5.41, 5.74) is 8.65. The van der Waals surface area contributed by atoms with Gasteiger partial charge in [-0.05, 0) is 17.6 Å². The Bertz CT molecular complexity index is 582. The molecule has 0 atom stereocenters. The van der Waals surface area contributed by atoms with E-state index in [1.54, 1.807) is 0 Å². The standard InChI is InChI=1S/C17H25N3S/c1-17(2,3)16-19-14(10-11-21-4)15(18)20(16)12-13-8-6-5-7-9-13/h5-9H,10-12,18H2,1-4H3. The average molecular weight is 303 g/mol. The maximum absolute atomic E-state index is 6.38. The van der Waals surface area contributed by atoms with Crippen LogP contribution >= 0.6 is 11.8 Å². The van der Waals surface area contributed by atoms with Crippen molar-refractivity contribution in [3.05, 3.63) is 47.4 Å². The Kier molecular flexibility index (Phi) is 4.99. The molecule has 0 fully saturated rings. The van der Waals surface area contributed by atoms with Crippen molar-refractivity contribution in [1.82, 2.24) is 9.55 Å². The van der Waals surface area contributed by atoms with Gasteiger partial charge in [-0.1, -0.05) is 51.1 Å². The third kappa shape index (κ3) is 3.82. The number of nitrogen functional groups attached to an aromatic ring is 1. The number of aryl methyl sites for hydroxylation is 1. The fraction of sp³-hybridized carbons (Fsp3) is 0.471. The molecule has 114 valence electrons. The highest BCUT2D eigenvalue weighted by molar-refractivity contribution is 7.98. The number of anilines is 1. The summed E-state index contributed by atoms with van der Waals surface area (Å²) >= 11 is 1.83. The molecule has 4 heteroatoms. The minimum Gasteiger partial charge on any atom is -0.384 e. The van der Waals surface area contributed by atoms with Gasteiger partial charge in [-0.15, -0.1) is 0 Å². The van der Waals surface area contributed by atoms with E-state index >= 15 is 0 Å². The normalized spacial score (nSPS) is 11.8. The SMILES string of the molecule is CSCCc1nc(C(C)(C)C)n(Cc2ccccc2)c1N. The zero-order valence-corrected chi connectivity index (χ0v) is 14.2. The summed E-state index contributed by atoms with van der Waals surface area (Å²) in [7, 11) is 0. The molecule has 0 aliphatic heterocycles. The van der Waals surface area contributed by atoms with E-state index in [-0.39, 0.29) is 5.41 Å². The predicted octanol–water partition coefficient (Wildman–Crippen LogP) is 3.72. The maximum Gasteiger partial charge on any atom is 0.127 e. The minimum atomic E-state index is -0.0134. The molecule has 1 aromatic heterocycles. The molecule has 1 heterocycles. The Hall–Kier alpha value is -1.42. The number of thioether (sulfide) groups is 1. The molecule has 0 aliphatic rings. The van der Waals surface area contributed by atoms with E-state index in [0.29, 0.717) is 0 Å². The first-order chi connectivity index (χ1) is 9.93. The van der Waals surface area contributed by atoms with Crippen molar-refractivity contribution < 1.29 is 0 Å². The van der Waals surface area contributed by atoms with E-state index in [2.05, 4.69) is 55.9 Å². The van der Waals surface area contributed by atoms with Crippen molar-refractivity contribution in [1.29, 1.82) is 0 Å². The zero-order chi connectivity index (χ0) is 15.5. The Balaban J connectivity index is 2.39. The van der Waals surface area contributed by atoms with Gasteiger partial charge in [0.1, 0.15) is 11.6 Å². The highest BCUT2D eigenvalue weighted by atomic mass is 32.2. The van der Waals surface area contributed by atoms with Gasteiger partial charge in [0.05, 0.1) is 12.2 Å². The first-order valence-electron chi connectivity index (χ1n) is 7.31. The number of hydrogen-bond donors (Lipinski definition) is 1. The first kappa shape index (κ1) is 16.0. The molecule has 1 aromatic carbocycles. The van der Waals surface area contributed by atoms with Gasteiger partial charge in [-0.3, -0.25) is 0 Å². The monoisotopic (exact) mass is 303 g/mol. The van der Waals surface area contributed by atoms with Crippen molar-refractivity contribution >= 4 is 17.6 Å². The molecule has 0 unspecified atom stereocenters. The summed E-state index contributed by atoms with van der Waals surface area (Å²) < 4.78 is 2.17. The van der Waals surface area contributed by atoms with Crippen molar-refractivity contribution in [3.8, 4) is 0 Å². The predicted molar refractivity (Wildman–Crippen MR) is 93.0 cm³/mol. The van der Waals surface area contributed by atoms with Crippen LogP contribution in [0.3, 0.4) is 0 Å². The van der Waals surface area contributed by atoms with Crippen molar-refractivity contribution in [3.63, 3.8) is 0 Å². The molecule has 0 aliphatic carbocycles. The van der Waals surface area contributed by atoms with Crippen LogP contribution in [-0.2, 0) is 18.4 Å². The van der Waals surface area contributed by atoms with Gasteiger partial charge in [-0.2, -0.15) is 11.8 Å². The summed E-state index contributed by atoms with van der Waals surface area (Å²) in [6.07, 6.45) is 3.04. The van der Waals surface area contributed by atoms with Crippen LogP contribution in [0.1, 0.15) is 37.9 Å². The Morgan fingerprint density at radius 3 is 2.43 bits per heavy atom. The van der Waals surface area contributed by atoms with Crippen LogP contribution in [0.15, 0.2) is 30.3 Å². The second-order valence-corrected chi connectivity index (χ2v) is 7.32. The van der Waals surface area contributed by atoms with Crippen LogP contribution in [0.2, 0.25) is 0 Å². The second kappa shape index (κ2) is 6.56. The number of rotatable bonds is 5. The smallest absolute Gasteiger partial charge is 0.127 e. The first-order valence-corrected chi connectivity index (χ1v) is 8.71. The lowest BCUT2D eigenvalue weighted by Crippen LogP contribution is -2.20. The molecule has 0 bridgehead atoms. The van der Waals surface area contributed by atoms with Crippen molar-refractivity contribution in [2.75, 3.05) is 17.7 Å². The van der Waals surface area contributed by atoms with Gasteiger partial charge in [0, 0.05) is 11.8 Å². The van der Waals surface area contributed by atoms with E-state index in [9.17, 15) is 0 Å². The van der Waals surface area contributed by atoms with Gasteiger partial charge >= 0.3 is 0 Å². The summed E-state index contributed by atoms with van der Waals surface area (Å²) in [5.74, 6) is 2.94. The Morgan fingerprint density at radius 2 is 1.86 bits per heavy atom. The van der Waals surface area contributed by atoms with Gasteiger partial charge in [0.25, 0.3) is 0 Å². The number of aromatic nitrogens is 2. The van der Waals surface area contributed by atoms with Crippen LogP contribution < -0.4 is 5.73 Å². The van der Waals surface area contributed by atoms with Crippen LogP contribution in [0.5, 0.6) is 0 Å². The van der Waals surface area contributed by atoms with Crippen LogP contribution in [0.25, 0.3) is 0 Å². The van der Waals surface area contributed by atoms with E-state index in [1.807, 2.05) is 17.8 Å². The largest absolute Gasteiger partial charge is 0.384 e. The maximum atomic E-state index is 6.38. The van der Waals surface area contributed by atoms with E-state index in [4.69, 9.17) is 10.7 Å². The van der Waals surface area contributed by atoms with Crippen LogP contribution in [0, 0.1) is 0 Å². The Morgan fingerprint density at radius 1 is 1.19 bits per heavy atom. The topological polar surface area (TPSA) is 43.8 Å². The third-order valence-corrected chi connectivity index (χ3v) is 4.09. The number of nitrogens with two attached hydrogens (primary N) is 1. The lowest BCUT2D eigenvalue weighted by Gasteiger charge is -2.20. The number of imidazole rings is 1. The highest BCUT2D eigenvalue weighted by Crippen LogP contribution is 2.27. The third-order valence-electron chi connectivity index (χ3n) is 3.48. The molecule has 2 N–H and O–H groups in total.